The topological polar surface area (TPSA) is 202 Å². The monoisotopic (exact) mass is 605 g/mol. The minimum Gasteiger partial charge on any atom is -0.467 e. The van der Waals surface area contributed by atoms with E-state index in [1.54, 1.807) is 0 Å². The predicted octanol–water partition coefficient (Wildman–Crippen LogP) is 2.38. The number of nitrogens with zero attached hydrogens (tertiary/aromatic N) is 1. The first-order valence-corrected chi connectivity index (χ1v) is 12.5. The maximum Gasteiger partial charge on any atom is 0.514 e. The maximum absolute atomic E-state index is 12.5. The highest BCUT2D eigenvalue weighted by Gasteiger charge is 2.55. The average Bonchev–Trinajstić information content (AvgIpc) is 2.94. The van der Waals surface area contributed by atoms with Crippen LogP contribution in [0, 0.1) is 10.1 Å². The summed E-state index contributed by atoms with van der Waals surface area (Å²) in [6.07, 6.45) is -8.75. The molecule has 0 amide bonds. The molecule has 230 valence electrons. The van der Waals surface area contributed by atoms with Crippen molar-refractivity contribution in [2.75, 3.05) is 7.11 Å². The van der Waals surface area contributed by atoms with E-state index in [9.17, 15) is 34.1 Å². The van der Waals surface area contributed by atoms with Crippen LogP contribution >= 0.6 is 0 Å². The van der Waals surface area contributed by atoms with Gasteiger partial charge in [0, 0.05) is 32.9 Å². The molecule has 0 aliphatic carbocycles. The number of hydrogen-bond acceptors (Lipinski definition) is 15. The molecule has 1 heterocycles. The van der Waals surface area contributed by atoms with Crippen molar-refractivity contribution in [1.82, 2.24) is 0 Å². The van der Waals surface area contributed by atoms with E-state index in [0.29, 0.717) is 5.56 Å². The second kappa shape index (κ2) is 14.6. The molecule has 0 radical (unpaired) electrons. The molecule has 5 atom stereocenters. The number of nitro benzene ring substituents is 1. The number of nitro groups is 1. The lowest BCUT2D eigenvalue weighted by atomic mass is 9.97. The van der Waals surface area contributed by atoms with Crippen molar-refractivity contribution in [3.05, 3.63) is 64.2 Å². The van der Waals surface area contributed by atoms with E-state index in [4.69, 9.17) is 37.9 Å². The van der Waals surface area contributed by atoms with E-state index in [0.717, 1.165) is 27.9 Å². The number of benzene rings is 2. The van der Waals surface area contributed by atoms with Gasteiger partial charge in [0.2, 0.25) is 12.4 Å². The Kier molecular flexibility index (Phi) is 10.9. The SMILES string of the molecule is COC(=O)[C@H]1O[C@@H](Oc2ccc(COC(=O)Oc3ccc([N+](=O)[O-])cc3)cc2)[C@H](OC(C)=O)[C@@H](OC(C)=O)[C@@H]1OC(C)=O. The third-order valence-electron chi connectivity index (χ3n) is 5.62. The molecular formula is C27H27NO15. The smallest absolute Gasteiger partial charge is 0.467 e. The molecule has 1 saturated heterocycles. The van der Waals surface area contributed by atoms with Gasteiger partial charge in [0.15, 0.2) is 18.3 Å². The molecule has 0 N–H and O–H groups in total. The number of carbonyl (C=O) groups is 5. The zero-order valence-corrected chi connectivity index (χ0v) is 23.3. The van der Waals surface area contributed by atoms with Gasteiger partial charge in [-0.2, -0.15) is 0 Å². The summed E-state index contributed by atoms with van der Waals surface area (Å²) in [6.45, 7) is 2.99. The molecule has 0 aromatic heterocycles. The second-order valence-electron chi connectivity index (χ2n) is 8.82. The Morgan fingerprint density at radius 1 is 0.791 bits per heavy atom. The molecule has 3 rings (SSSR count). The summed E-state index contributed by atoms with van der Waals surface area (Å²) >= 11 is 0. The fourth-order valence-electron chi connectivity index (χ4n) is 3.88. The van der Waals surface area contributed by atoms with Gasteiger partial charge in [-0.05, 0) is 29.8 Å². The lowest BCUT2D eigenvalue weighted by Crippen LogP contribution is -2.64. The van der Waals surface area contributed by atoms with Crippen LogP contribution < -0.4 is 9.47 Å². The first-order chi connectivity index (χ1) is 20.4. The van der Waals surface area contributed by atoms with E-state index in [1.165, 1.54) is 48.5 Å². The predicted molar refractivity (Wildman–Crippen MR) is 138 cm³/mol. The fraction of sp³-hybridized carbons (Fsp3) is 0.370. The Labute approximate surface area is 243 Å². The molecule has 0 unspecified atom stereocenters. The molecular weight excluding hydrogens is 578 g/mol. The van der Waals surface area contributed by atoms with Gasteiger partial charge >= 0.3 is 30.0 Å². The first kappa shape index (κ1) is 32.3. The molecule has 2 aromatic carbocycles. The summed E-state index contributed by atoms with van der Waals surface area (Å²) in [5.74, 6) is -3.29. The zero-order chi connectivity index (χ0) is 31.7. The summed E-state index contributed by atoms with van der Waals surface area (Å²) in [6, 6.07) is 10.7. The van der Waals surface area contributed by atoms with Crippen LogP contribution in [0.2, 0.25) is 0 Å². The van der Waals surface area contributed by atoms with Crippen molar-refractivity contribution >= 4 is 35.7 Å². The Hall–Kier alpha value is -5.25. The fourth-order valence-corrected chi connectivity index (χ4v) is 3.88. The third-order valence-corrected chi connectivity index (χ3v) is 5.62. The Bertz CT molecular complexity index is 1340. The van der Waals surface area contributed by atoms with Crippen molar-refractivity contribution in [3.63, 3.8) is 0 Å². The van der Waals surface area contributed by atoms with Crippen LogP contribution in [-0.4, -0.2) is 72.8 Å². The highest BCUT2D eigenvalue weighted by Crippen LogP contribution is 2.31. The lowest BCUT2D eigenvalue weighted by Gasteiger charge is -2.43. The van der Waals surface area contributed by atoms with Crippen molar-refractivity contribution < 1.29 is 66.8 Å². The number of non-ortho nitro benzene ring substituents is 1. The molecule has 0 bridgehead atoms. The Morgan fingerprint density at radius 2 is 1.33 bits per heavy atom. The molecule has 1 fully saturated rings. The number of ether oxygens (including phenoxy) is 8. The largest absolute Gasteiger partial charge is 0.514 e. The normalized spacial score (nSPS) is 21.0. The average molecular weight is 606 g/mol. The van der Waals surface area contributed by atoms with Crippen molar-refractivity contribution in [1.29, 1.82) is 0 Å². The molecule has 16 nitrogen and oxygen atoms in total. The van der Waals surface area contributed by atoms with Crippen LogP contribution in [0.4, 0.5) is 10.5 Å². The van der Waals surface area contributed by atoms with Crippen molar-refractivity contribution in [3.8, 4) is 11.5 Å². The number of rotatable bonds is 10. The van der Waals surface area contributed by atoms with Gasteiger partial charge in [-0.25, -0.2) is 9.59 Å². The van der Waals surface area contributed by atoms with E-state index >= 15 is 0 Å². The quantitative estimate of drug-likeness (QED) is 0.125. The van der Waals surface area contributed by atoms with Gasteiger partial charge < -0.3 is 37.9 Å². The standard InChI is InChI=1S/C27H27NO15/c1-14(29)38-21-22(39-15(2)30)24(40-16(3)31)26(43-23(21)25(32)36-4)41-19-9-5-17(6-10-19)13-37-27(33)42-20-11-7-18(8-12-20)28(34)35/h5-12,21-24,26H,13H2,1-4H3/t21-,22-,23-,24+,26+/m0/s1. The highest BCUT2D eigenvalue weighted by molar-refractivity contribution is 5.77. The summed E-state index contributed by atoms with van der Waals surface area (Å²) in [7, 11) is 1.06. The van der Waals surface area contributed by atoms with Crippen LogP contribution in [0.5, 0.6) is 11.5 Å². The molecule has 1 aliphatic heterocycles. The number of carbonyl (C=O) groups excluding carboxylic acids is 5. The van der Waals surface area contributed by atoms with Crippen LogP contribution in [-0.2, 0) is 54.2 Å². The highest BCUT2D eigenvalue weighted by atomic mass is 16.7. The minimum atomic E-state index is -1.62. The van der Waals surface area contributed by atoms with E-state index < -0.39 is 65.7 Å². The summed E-state index contributed by atoms with van der Waals surface area (Å²) in [5, 5.41) is 10.7. The summed E-state index contributed by atoms with van der Waals surface area (Å²) < 4.78 is 42.1. The van der Waals surface area contributed by atoms with Crippen LogP contribution in [0.15, 0.2) is 48.5 Å². The van der Waals surface area contributed by atoms with Gasteiger partial charge in [0.25, 0.3) is 5.69 Å². The third kappa shape index (κ3) is 9.12. The van der Waals surface area contributed by atoms with Crippen molar-refractivity contribution in [2.45, 2.75) is 58.1 Å². The van der Waals surface area contributed by atoms with E-state index in [-0.39, 0.29) is 23.8 Å². The molecule has 16 heteroatoms. The summed E-state index contributed by atoms with van der Waals surface area (Å²) in [5.41, 5.74) is 0.321. The lowest BCUT2D eigenvalue weighted by molar-refractivity contribution is -0.384. The van der Waals surface area contributed by atoms with Crippen LogP contribution in [0.1, 0.15) is 26.3 Å². The number of hydrogen-bond donors (Lipinski definition) is 0. The maximum atomic E-state index is 12.5. The molecule has 1 aliphatic rings. The van der Waals surface area contributed by atoms with Crippen LogP contribution in [0.25, 0.3) is 0 Å². The van der Waals surface area contributed by atoms with Gasteiger partial charge in [-0.15, -0.1) is 0 Å². The van der Waals surface area contributed by atoms with Crippen molar-refractivity contribution in [2.24, 2.45) is 0 Å². The van der Waals surface area contributed by atoms with E-state index in [2.05, 4.69) is 0 Å². The molecule has 43 heavy (non-hydrogen) atoms. The van der Waals surface area contributed by atoms with Gasteiger partial charge in [0.05, 0.1) is 12.0 Å². The second-order valence-corrected chi connectivity index (χ2v) is 8.82. The molecule has 0 spiro atoms. The van der Waals surface area contributed by atoms with Gasteiger partial charge in [-0.3, -0.25) is 24.5 Å². The van der Waals surface area contributed by atoms with Crippen LogP contribution in [0.3, 0.4) is 0 Å². The Balaban J connectivity index is 1.73. The number of methoxy groups -OCH3 is 1. The summed E-state index contributed by atoms with van der Waals surface area (Å²) in [4.78, 5) is 70.3. The molecule has 2 aromatic rings. The molecule has 0 saturated carbocycles. The zero-order valence-electron chi connectivity index (χ0n) is 23.3. The van der Waals surface area contributed by atoms with Gasteiger partial charge in [0.1, 0.15) is 18.1 Å². The number of esters is 4. The van der Waals surface area contributed by atoms with Gasteiger partial charge in [-0.1, -0.05) is 12.1 Å². The Morgan fingerprint density at radius 3 is 1.86 bits per heavy atom. The van der Waals surface area contributed by atoms with E-state index in [1.807, 2.05) is 0 Å². The minimum absolute atomic E-state index is 0.0439. The first-order valence-electron chi connectivity index (χ1n) is 12.5.